The van der Waals surface area contributed by atoms with Crippen LogP contribution in [0.2, 0.25) is 0 Å². The number of rotatable bonds is 7. The molecular formula is C28H31N3O. The number of benzene rings is 3. The molecule has 1 aliphatic heterocycles. The summed E-state index contributed by atoms with van der Waals surface area (Å²) in [6.07, 6.45) is 7.89. The van der Waals surface area contributed by atoms with Crippen molar-refractivity contribution in [3.63, 3.8) is 0 Å². The largest absolute Gasteiger partial charge is 0.397 e. The molecule has 5 rings (SSSR count). The first kappa shape index (κ1) is 20.7. The Hall–Kier alpha value is -3.24. The van der Waals surface area contributed by atoms with Gasteiger partial charge in [0.15, 0.2) is 0 Å². The molecule has 1 heterocycles. The van der Waals surface area contributed by atoms with Crippen LogP contribution in [0.15, 0.2) is 72.9 Å². The molecule has 0 atom stereocenters. The molecule has 32 heavy (non-hydrogen) atoms. The van der Waals surface area contributed by atoms with Gasteiger partial charge in [0.25, 0.3) is 0 Å². The van der Waals surface area contributed by atoms with E-state index in [-0.39, 0.29) is 0 Å². The van der Waals surface area contributed by atoms with Gasteiger partial charge in [0.1, 0.15) is 0 Å². The Balaban J connectivity index is 1.63. The lowest BCUT2D eigenvalue weighted by Gasteiger charge is -2.33. The average molecular weight is 426 g/mol. The smallest absolute Gasteiger partial charge is 0.0691 e. The van der Waals surface area contributed by atoms with Gasteiger partial charge in [-0.15, -0.1) is 0 Å². The zero-order valence-electron chi connectivity index (χ0n) is 18.9. The third kappa shape index (κ3) is 3.87. The number of hydrogen-bond acceptors (Lipinski definition) is 4. The van der Waals surface area contributed by atoms with Gasteiger partial charge in [-0.25, -0.2) is 0 Å². The molecule has 0 unspecified atom stereocenters. The lowest BCUT2D eigenvalue weighted by atomic mass is 9.94. The molecule has 1 aliphatic carbocycles. The topological polar surface area (TPSA) is 41.7 Å². The molecule has 0 amide bonds. The second-order valence-electron chi connectivity index (χ2n) is 8.79. The lowest BCUT2D eigenvalue weighted by molar-refractivity contribution is 0.206. The molecular weight excluding hydrogens is 394 g/mol. The molecule has 4 nitrogen and oxygen atoms in total. The molecule has 2 aliphatic rings. The molecule has 0 spiro atoms. The van der Waals surface area contributed by atoms with Crippen molar-refractivity contribution in [1.82, 2.24) is 0 Å². The summed E-state index contributed by atoms with van der Waals surface area (Å²) in [7, 11) is 3.93. The monoisotopic (exact) mass is 425 g/mol. The van der Waals surface area contributed by atoms with Crippen LogP contribution in [0.5, 0.6) is 0 Å². The van der Waals surface area contributed by atoms with Gasteiger partial charge in [0.2, 0.25) is 0 Å². The first-order valence-corrected chi connectivity index (χ1v) is 11.4. The molecule has 3 aromatic rings. The Morgan fingerprint density at radius 1 is 1.03 bits per heavy atom. The fraction of sp³-hybridized carbons (Fsp3) is 0.286. The van der Waals surface area contributed by atoms with Crippen molar-refractivity contribution in [2.45, 2.75) is 25.2 Å². The van der Waals surface area contributed by atoms with Crippen LogP contribution in [0.25, 0.3) is 11.1 Å². The number of likely N-dealkylation sites (N-methyl/N-ethyl adjacent to an activating group) is 1. The van der Waals surface area contributed by atoms with E-state index in [1.165, 1.54) is 46.5 Å². The number of nitrogens with zero attached hydrogens (tertiary/aromatic N) is 2. The van der Waals surface area contributed by atoms with E-state index in [0.29, 0.717) is 12.5 Å². The molecule has 3 aromatic carbocycles. The van der Waals surface area contributed by atoms with Gasteiger partial charge in [0.05, 0.1) is 23.7 Å². The number of nitrogens with two attached hydrogens (primary N) is 1. The van der Waals surface area contributed by atoms with Gasteiger partial charge < -0.3 is 20.3 Å². The number of nitrogen functional groups attached to an aromatic ring is 1. The molecule has 0 saturated heterocycles. The van der Waals surface area contributed by atoms with E-state index in [9.17, 15) is 0 Å². The van der Waals surface area contributed by atoms with E-state index < -0.39 is 0 Å². The highest BCUT2D eigenvalue weighted by Crippen LogP contribution is 2.52. The van der Waals surface area contributed by atoms with Crippen LogP contribution >= 0.6 is 0 Å². The molecule has 0 radical (unpaired) electrons. The van der Waals surface area contributed by atoms with E-state index in [1.54, 1.807) is 7.11 Å². The number of anilines is 4. The summed E-state index contributed by atoms with van der Waals surface area (Å²) in [5.41, 5.74) is 16.2. The first-order valence-electron chi connectivity index (χ1n) is 11.4. The Kier molecular flexibility index (Phi) is 5.62. The van der Waals surface area contributed by atoms with Crippen molar-refractivity contribution in [2.24, 2.45) is 0 Å². The summed E-state index contributed by atoms with van der Waals surface area (Å²) in [5, 5.41) is 0. The Labute approximate surface area is 190 Å². The summed E-state index contributed by atoms with van der Waals surface area (Å²) >= 11 is 0. The predicted octanol–water partition coefficient (Wildman–Crippen LogP) is 6.10. The Bertz CT molecular complexity index is 1130. The zero-order valence-corrected chi connectivity index (χ0v) is 18.9. The maximum atomic E-state index is 6.56. The molecule has 4 heteroatoms. The summed E-state index contributed by atoms with van der Waals surface area (Å²) in [4.78, 5) is 4.65. The van der Waals surface area contributed by atoms with Gasteiger partial charge in [-0.1, -0.05) is 48.5 Å². The SMILES string of the molecule is COCCN(C)c1ccc2c(c1C1CC1)N(c1cc(-c3ccccc3)ccc1N)C=CC2. The average Bonchev–Trinajstić information content (AvgIpc) is 3.67. The highest BCUT2D eigenvalue weighted by molar-refractivity contribution is 5.87. The van der Waals surface area contributed by atoms with Crippen LogP contribution in [-0.2, 0) is 11.2 Å². The Morgan fingerprint density at radius 3 is 2.59 bits per heavy atom. The highest BCUT2D eigenvalue weighted by Gasteiger charge is 2.34. The van der Waals surface area contributed by atoms with E-state index in [4.69, 9.17) is 10.5 Å². The number of methoxy groups -OCH3 is 1. The van der Waals surface area contributed by atoms with Crippen LogP contribution in [0, 0.1) is 0 Å². The van der Waals surface area contributed by atoms with Crippen molar-refractivity contribution in [1.29, 1.82) is 0 Å². The maximum absolute atomic E-state index is 6.56. The Morgan fingerprint density at radius 2 is 1.84 bits per heavy atom. The number of hydrogen-bond donors (Lipinski definition) is 1. The first-order chi connectivity index (χ1) is 15.7. The number of allylic oxidation sites excluding steroid dienone is 1. The lowest BCUT2D eigenvalue weighted by Crippen LogP contribution is -2.25. The fourth-order valence-electron chi connectivity index (χ4n) is 4.67. The summed E-state index contributed by atoms with van der Waals surface area (Å²) in [6.45, 7) is 1.59. The predicted molar refractivity (Wildman–Crippen MR) is 135 cm³/mol. The number of fused-ring (bicyclic) bond motifs is 1. The highest BCUT2D eigenvalue weighted by atomic mass is 16.5. The van der Waals surface area contributed by atoms with Crippen LogP contribution in [0.4, 0.5) is 22.7 Å². The summed E-state index contributed by atoms with van der Waals surface area (Å²) in [6, 6.07) is 21.4. The van der Waals surface area contributed by atoms with Crippen LogP contribution in [0.3, 0.4) is 0 Å². The molecule has 1 fully saturated rings. The molecule has 164 valence electrons. The number of ether oxygens (including phenoxy) is 1. The molecule has 0 aromatic heterocycles. The maximum Gasteiger partial charge on any atom is 0.0691 e. The van der Waals surface area contributed by atoms with Crippen molar-refractivity contribution in [2.75, 3.05) is 42.8 Å². The molecule has 2 N–H and O–H groups in total. The van der Waals surface area contributed by atoms with Crippen LogP contribution < -0.4 is 15.5 Å². The third-order valence-electron chi connectivity index (χ3n) is 6.54. The minimum Gasteiger partial charge on any atom is -0.397 e. The fourth-order valence-corrected chi connectivity index (χ4v) is 4.67. The zero-order chi connectivity index (χ0) is 22.1. The minimum atomic E-state index is 0.609. The van der Waals surface area contributed by atoms with E-state index in [1.807, 2.05) is 6.07 Å². The molecule has 0 bridgehead atoms. The quantitative estimate of drug-likeness (QED) is 0.464. The van der Waals surface area contributed by atoms with Crippen molar-refractivity contribution >= 4 is 22.7 Å². The van der Waals surface area contributed by atoms with Crippen molar-refractivity contribution in [3.8, 4) is 11.1 Å². The van der Waals surface area contributed by atoms with Gasteiger partial charge >= 0.3 is 0 Å². The van der Waals surface area contributed by atoms with Crippen LogP contribution in [-0.4, -0.2) is 27.3 Å². The molecule has 1 saturated carbocycles. The van der Waals surface area contributed by atoms with E-state index in [2.05, 4.69) is 83.7 Å². The van der Waals surface area contributed by atoms with E-state index >= 15 is 0 Å². The second kappa shape index (κ2) is 8.71. The summed E-state index contributed by atoms with van der Waals surface area (Å²) < 4.78 is 5.34. The third-order valence-corrected chi connectivity index (χ3v) is 6.54. The van der Waals surface area contributed by atoms with Gasteiger partial charge in [-0.3, -0.25) is 0 Å². The summed E-state index contributed by atoms with van der Waals surface area (Å²) in [5.74, 6) is 0.609. The minimum absolute atomic E-state index is 0.609. The van der Waals surface area contributed by atoms with Crippen molar-refractivity contribution < 1.29 is 4.74 Å². The van der Waals surface area contributed by atoms with Crippen LogP contribution in [0.1, 0.15) is 29.9 Å². The van der Waals surface area contributed by atoms with Gasteiger partial charge in [-0.2, -0.15) is 0 Å². The normalized spacial score (nSPS) is 15.0. The standard InChI is InChI=1S/C28H31N3O/c1-30(17-18-32-2)25-15-13-22-9-6-16-31(28(22)27(25)21-10-11-21)26-19-23(12-14-24(26)29)20-7-4-3-5-8-20/h3-8,12-16,19,21H,9-11,17-18,29H2,1-2H3. The van der Waals surface area contributed by atoms with Gasteiger partial charge in [-0.05, 0) is 60.1 Å². The van der Waals surface area contributed by atoms with Gasteiger partial charge in [0, 0.05) is 38.2 Å². The second-order valence-corrected chi connectivity index (χ2v) is 8.79. The van der Waals surface area contributed by atoms with E-state index in [0.717, 1.165) is 24.3 Å². The van der Waals surface area contributed by atoms with Crippen molar-refractivity contribution in [3.05, 3.63) is 84.1 Å².